The molecule has 7 nitrogen and oxygen atoms in total. The number of hydrazone groups is 1. The molecule has 0 aliphatic rings. The van der Waals surface area contributed by atoms with Crippen molar-refractivity contribution >= 4 is 34.0 Å². The minimum atomic E-state index is -0.430. The third-order valence-electron chi connectivity index (χ3n) is 4.44. The first-order valence-electron chi connectivity index (χ1n) is 9.34. The maximum absolute atomic E-state index is 12.4. The van der Waals surface area contributed by atoms with Crippen molar-refractivity contribution in [2.45, 2.75) is 13.3 Å². The van der Waals surface area contributed by atoms with Crippen LogP contribution in [0.1, 0.15) is 23.7 Å². The molecular weight excluding hydrogens is 382 g/mol. The largest absolute Gasteiger partial charge is 0.497 e. The van der Waals surface area contributed by atoms with Crippen LogP contribution in [0, 0.1) is 0 Å². The Morgan fingerprint density at radius 3 is 2.30 bits per heavy atom. The lowest BCUT2D eigenvalue weighted by Gasteiger charge is -2.09. The van der Waals surface area contributed by atoms with E-state index in [1.807, 2.05) is 42.5 Å². The molecule has 0 saturated heterocycles. The van der Waals surface area contributed by atoms with E-state index in [0.29, 0.717) is 22.8 Å². The van der Waals surface area contributed by atoms with E-state index in [1.54, 1.807) is 25.1 Å². The van der Waals surface area contributed by atoms with Gasteiger partial charge in [0.25, 0.3) is 5.91 Å². The topological polar surface area (TPSA) is 89.0 Å². The molecule has 0 atom stereocenters. The number of anilines is 1. The van der Waals surface area contributed by atoms with Crippen molar-refractivity contribution in [2.24, 2.45) is 5.10 Å². The van der Waals surface area contributed by atoms with Gasteiger partial charge in [0, 0.05) is 28.4 Å². The number of rotatable bonds is 7. The monoisotopic (exact) mass is 405 g/mol. The summed E-state index contributed by atoms with van der Waals surface area (Å²) in [5, 5.41) is 8.93. The van der Waals surface area contributed by atoms with Crippen molar-refractivity contribution in [3.05, 3.63) is 66.2 Å². The third kappa shape index (κ3) is 5.14. The molecule has 0 bridgehead atoms. The maximum atomic E-state index is 12.4. The van der Waals surface area contributed by atoms with Gasteiger partial charge in [-0.2, -0.15) is 5.10 Å². The van der Waals surface area contributed by atoms with Crippen molar-refractivity contribution in [2.75, 3.05) is 19.5 Å². The highest BCUT2D eigenvalue weighted by atomic mass is 16.5. The second kappa shape index (κ2) is 9.56. The van der Waals surface area contributed by atoms with Crippen LogP contribution < -0.4 is 20.2 Å². The SMILES string of the molecule is COc1cc(OC)cc(C(=O)N/N=C(\C)CC(=O)Nc2cccc3ccccc23)c1. The van der Waals surface area contributed by atoms with Crippen LogP contribution >= 0.6 is 0 Å². The van der Waals surface area contributed by atoms with Crippen molar-refractivity contribution in [1.82, 2.24) is 5.43 Å². The lowest BCUT2D eigenvalue weighted by atomic mass is 10.1. The second-order valence-corrected chi connectivity index (χ2v) is 6.64. The number of benzene rings is 3. The molecule has 0 heterocycles. The summed E-state index contributed by atoms with van der Waals surface area (Å²) in [6, 6.07) is 18.4. The lowest BCUT2D eigenvalue weighted by Crippen LogP contribution is -2.21. The summed E-state index contributed by atoms with van der Waals surface area (Å²) in [7, 11) is 3.01. The van der Waals surface area contributed by atoms with Gasteiger partial charge >= 0.3 is 0 Å². The van der Waals surface area contributed by atoms with Gasteiger partial charge in [0.1, 0.15) is 11.5 Å². The van der Waals surface area contributed by atoms with E-state index >= 15 is 0 Å². The van der Waals surface area contributed by atoms with Crippen LogP contribution in [0.4, 0.5) is 5.69 Å². The molecule has 0 aliphatic heterocycles. The van der Waals surface area contributed by atoms with E-state index in [9.17, 15) is 9.59 Å². The number of methoxy groups -OCH3 is 2. The van der Waals surface area contributed by atoms with Crippen LogP contribution in [0.3, 0.4) is 0 Å². The predicted molar refractivity (Wildman–Crippen MR) is 117 cm³/mol. The van der Waals surface area contributed by atoms with Crippen molar-refractivity contribution in [3.63, 3.8) is 0 Å². The molecule has 0 aliphatic carbocycles. The minimum absolute atomic E-state index is 0.0466. The Morgan fingerprint density at radius 2 is 1.60 bits per heavy atom. The van der Waals surface area contributed by atoms with E-state index in [-0.39, 0.29) is 12.3 Å². The second-order valence-electron chi connectivity index (χ2n) is 6.64. The number of nitrogens with zero attached hydrogens (tertiary/aromatic N) is 1. The number of carbonyl (C=O) groups is 2. The van der Waals surface area contributed by atoms with Gasteiger partial charge in [-0.25, -0.2) is 5.43 Å². The first kappa shape index (κ1) is 20.9. The molecule has 0 saturated carbocycles. The number of amides is 2. The molecule has 154 valence electrons. The number of hydrogen-bond acceptors (Lipinski definition) is 5. The van der Waals surface area contributed by atoms with Crippen LogP contribution in [0.5, 0.6) is 11.5 Å². The number of fused-ring (bicyclic) bond motifs is 1. The first-order valence-corrected chi connectivity index (χ1v) is 9.34. The zero-order valence-corrected chi connectivity index (χ0v) is 17.1. The Labute approximate surface area is 174 Å². The van der Waals surface area contributed by atoms with Gasteiger partial charge in [-0.3, -0.25) is 9.59 Å². The van der Waals surface area contributed by atoms with E-state index in [1.165, 1.54) is 14.2 Å². The Kier molecular flexibility index (Phi) is 6.64. The van der Waals surface area contributed by atoms with Gasteiger partial charge in [-0.15, -0.1) is 0 Å². The Bertz CT molecular complexity index is 1080. The van der Waals surface area contributed by atoms with Gasteiger partial charge in [0.2, 0.25) is 5.91 Å². The van der Waals surface area contributed by atoms with E-state index < -0.39 is 5.91 Å². The smallest absolute Gasteiger partial charge is 0.271 e. The summed E-state index contributed by atoms with van der Waals surface area (Å²) < 4.78 is 10.3. The molecule has 3 rings (SSSR count). The van der Waals surface area contributed by atoms with Crippen LogP contribution in [0.15, 0.2) is 65.8 Å². The predicted octanol–water partition coefficient (Wildman–Crippen LogP) is 3.99. The highest BCUT2D eigenvalue weighted by Crippen LogP contribution is 2.23. The van der Waals surface area contributed by atoms with Gasteiger partial charge in [-0.1, -0.05) is 36.4 Å². The number of nitrogens with one attached hydrogen (secondary N) is 2. The molecule has 0 radical (unpaired) electrons. The first-order chi connectivity index (χ1) is 14.5. The van der Waals surface area contributed by atoms with Gasteiger partial charge < -0.3 is 14.8 Å². The van der Waals surface area contributed by atoms with Crippen LogP contribution in [0.2, 0.25) is 0 Å². The molecule has 3 aromatic rings. The number of hydrogen-bond donors (Lipinski definition) is 2. The molecule has 7 heteroatoms. The van der Waals surface area contributed by atoms with E-state index in [4.69, 9.17) is 9.47 Å². The Morgan fingerprint density at radius 1 is 0.933 bits per heavy atom. The van der Waals surface area contributed by atoms with Crippen LogP contribution in [0.25, 0.3) is 10.8 Å². The van der Waals surface area contributed by atoms with Gasteiger partial charge in [0.05, 0.1) is 20.6 Å². The third-order valence-corrected chi connectivity index (χ3v) is 4.44. The molecule has 0 aromatic heterocycles. The highest BCUT2D eigenvalue weighted by Gasteiger charge is 2.11. The molecule has 0 unspecified atom stereocenters. The summed E-state index contributed by atoms with van der Waals surface area (Å²) in [5.41, 5.74) is 4.00. The van der Waals surface area contributed by atoms with Crippen molar-refractivity contribution in [3.8, 4) is 11.5 Å². The summed E-state index contributed by atoms with van der Waals surface area (Å²) in [5.74, 6) is 0.343. The summed E-state index contributed by atoms with van der Waals surface area (Å²) in [6.45, 7) is 1.68. The minimum Gasteiger partial charge on any atom is -0.497 e. The fourth-order valence-corrected chi connectivity index (χ4v) is 2.95. The van der Waals surface area contributed by atoms with Crippen LogP contribution in [-0.4, -0.2) is 31.7 Å². The Hall–Kier alpha value is -3.87. The maximum Gasteiger partial charge on any atom is 0.271 e. The molecule has 0 spiro atoms. The highest BCUT2D eigenvalue weighted by molar-refractivity contribution is 6.09. The van der Waals surface area contributed by atoms with Crippen molar-refractivity contribution in [1.29, 1.82) is 0 Å². The van der Waals surface area contributed by atoms with Crippen molar-refractivity contribution < 1.29 is 19.1 Å². The zero-order chi connectivity index (χ0) is 21.5. The zero-order valence-electron chi connectivity index (χ0n) is 17.1. The molecule has 2 amide bonds. The average molecular weight is 405 g/mol. The fraction of sp³-hybridized carbons (Fsp3) is 0.174. The van der Waals surface area contributed by atoms with E-state index in [2.05, 4.69) is 15.8 Å². The Balaban J connectivity index is 1.63. The summed E-state index contributed by atoms with van der Waals surface area (Å²) >= 11 is 0. The normalized spacial score (nSPS) is 11.1. The molecule has 30 heavy (non-hydrogen) atoms. The molecular formula is C23H23N3O4. The van der Waals surface area contributed by atoms with Gasteiger partial charge in [0.15, 0.2) is 0 Å². The van der Waals surface area contributed by atoms with Gasteiger partial charge in [-0.05, 0) is 30.5 Å². The molecule has 0 fully saturated rings. The fourth-order valence-electron chi connectivity index (χ4n) is 2.95. The summed E-state index contributed by atoms with van der Waals surface area (Å²) in [6.07, 6.45) is 0.0466. The average Bonchev–Trinajstić information content (AvgIpc) is 2.77. The van der Waals surface area contributed by atoms with Crippen LogP contribution in [-0.2, 0) is 4.79 Å². The van der Waals surface area contributed by atoms with E-state index in [0.717, 1.165) is 16.5 Å². The number of ether oxygens (including phenoxy) is 2. The quantitative estimate of drug-likeness (QED) is 0.459. The summed E-state index contributed by atoms with van der Waals surface area (Å²) in [4.78, 5) is 24.8. The molecule has 2 N–H and O–H groups in total. The number of carbonyl (C=O) groups excluding carboxylic acids is 2. The molecule has 3 aromatic carbocycles. The lowest BCUT2D eigenvalue weighted by molar-refractivity contribution is -0.115. The standard InChI is InChI=1S/C23H23N3O4/c1-15(25-26-23(28)17-12-18(29-2)14-19(13-17)30-3)11-22(27)24-21-10-6-8-16-7-4-5-9-20(16)21/h4-10,12-14H,11H2,1-3H3,(H,24,27)(H,26,28)/b25-15+.